The van der Waals surface area contributed by atoms with Gasteiger partial charge >= 0.3 is 0 Å². The largest absolute Gasteiger partial charge is 0.399 e. The molecule has 2 N–H and O–H groups in total. The number of pyridine rings is 1. The molecule has 1 aromatic carbocycles. The number of hydrogen-bond acceptors (Lipinski definition) is 3. The molecule has 1 aromatic heterocycles. The first-order valence-corrected chi connectivity index (χ1v) is 6.76. The molecule has 0 aliphatic heterocycles. The number of nitrogen functional groups attached to an aromatic ring is 1. The lowest BCUT2D eigenvalue weighted by molar-refractivity contribution is 0.778. The minimum atomic E-state index is 0.646. The van der Waals surface area contributed by atoms with Crippen LogP contribution in [0.2, 0.25) is 0 Å². The predicted octanol–water partition coefficient (Wildman–Crippen LogP) is 3.14. The fourth-order valence-corrected chi connectivity index (χ4v) is 2.23. The van der Waals surface area contributed by atoms with Gasteiger partial charge in [0.1, 0.15) is 5.82 Å². The maximum Gasteiger partial charge on any atom is 0.129 e. The lowest BCUT2D eigenvalue weighted by Crippen LogP contribution is -2.25. The van der Waals surface area contributed by atoms with Gasteiger partial charge in [-0.15, -0.1) is 0 Å². The molecule has 3 heteroatoms. The van der Waals surface area contributed by atoms with Crippen molar-refractivity contribution < 1.29 is 0 Å². The summed E-state index contributed by atoms with van der Waals surface area (Å²) in [6, 6.07) is 13.0. The van der Waals surface area contributed by atoms with Gasteiger partial charge in [-0.05, 0) is 49.1 Å². The van der Waals surface area contributed by atoms with Crippen LogP contribution in [0.15, 0.2) is 42.6 Å². The number of nitrogens with zero attached hydrogens (tertiary/aromatic N) is 2. The van der Waals surface area contributed by atoms with Gasteiger partial charge in [0.05, 0.1) is 0 Å². The number of rotatable bonds is 4. The Morgan fingerprint density at radius 2 is 1.89 bits per heavy atom. The van der Waals surface area contributed by atoms with Crippen molar-refractivity contribution in [2.24, 2.45) is 0 Å². The second-order valence-electron chi connectivity index (χ2n) is 5.29. The first-order chi connectivity index (χ1) is 9.22. The monoisotopic (exact) mass is 253 g/mol. The summed E-state index contributed by atoms with van der Waals surface area (Å²) >= 11 is 0. The van der Waals surface area contributed by atoms with E-state index in [-0.39, 0.29) is 0 Å². The van der Waals surface area contributed by atoms with Gasteiger partial charge in [-0.3, -0.25) is 0 Å². The van der Waals surface area contributed by atoms with E-state index in [4.69, 9.17) is 5.73 Å². The Hall–Kier alpha value is -2.03. The van der Waals surface area contributed by atoms with Crippen molar-refractivity contribution in [3.8, 4) is 0 Å². The summed E-state index contributed by atoms with van der Waals surface area (Å²) in [6.45, 7) is 2.97. The van der Waals surface area contributed by atoms with E-state index < -0.39 is 0 Å². The van der Waals surface area contributed by atoms with Crippen LogP contribution in [0.4, 0.5) is 11.5 Å². The average molecular weight is 253 g/mol. The van der Waals surface area contributed by atoms with Crippen molar-refractivity contribution >= 4 is 11.5 Å². The number of hydrogen-bond donors (Lipinski definition) is 1. The van der Waals surface area contributed by atoms with Gasteiger partial charge in [-0.1, -0.05) is 18.2 Å². The maximum atomic E-state index is 5.73. The topological polar surface area (TPSA) is 42.1 Å². The number of anilines is 2. The summed E-state index contributed by atoms with van der Waals surface area (Å²) < 4.78 is 0. The fraction of sp³-hybridized carbons (Fsp3) is 0.312. The van der Waals surface area contributed by atoms with Gasteiger partial charge in [-0.25, -0.2) is 4.98 Å². The number of aryl methyl sites for hydroxylation is 1. The lowest BCUT2D eigenvalue weighted by Gasteiger charge is -2.23. The molecular formula is C16H19N3. The molecule has 0 saturated heterocycles. The van der Waals surface area contributed by atoms with Crippen LogP contribution < -0.4 is 10.6 Å². The van der Waals surface area contributed by atoms with Gasteiger partial charge in [0, 0.05) is 24.5 Å². The number of nitrogens with two attached hydrogens (primary N) is 1. The zero-order valence-corrected chi connectivity index (χ0v) is 11.2. The third-order valence-corrected chi connectivity index (χ3v) is 3.51. The van der Waals surface area contributed by atoms with Crippen LogP contribution in [0.1, 0.15) is 24.0 Å². The maximum absolute atomic E-state index is 5.73. The molecule has 1 aliphatic rings. The van der Waals surface area contributed by atoms with Crippen molar-refractivity contribution in [1.29, 1.82) is 0 Å². The average Bonchev–Trinajstić information content (AvgIpc) is 3.24. The molecule has 0 radical (unpaired) electrons. The molecule has 1 saturated carbocycles. The highest BCUT2D eigenvalue weighted by atomic mass is 15.2. The highest BCUT2D eigenvalue weighted by Gasteiger charge is 2.29. The van der Waals surface area contributed by atoms with Crippen LogP contribution in [0.5, 0.6) is 0 Å². The molecule has 1 aliphatic carbocycles. The second-order valence-corrected chi connectivity index (χ2v) is 5.29. The molecule has 1 heterocycles. The molecule has 3 rings (SSSR count). The van der Waals surface area contributed by atoms with E-state index in [0.29, 0.717) is 6.04 Å². The van der Waals surface area contributed by atoms with Crippen molar-refractivity contribution in [3.63, 3.8) is 0 Å². The smallest absolute Gasteiger partial charge is 0.129 e. The fourth-order valence-electron chi connectivity index (χ4n) is 2.23. The second kappa shape index (κ2) is 4.92. The van der Waals surface area contributed by atoms with Gasteiger partial charge in [0.15, 0.2) is 0 Å². The van der Waals surface area contributed by atoms with Gasteiger partial charge in [0.2, 0.25) is 0 Å². The molecule has 19 heavy (non-hydrogen) atoms. The highest BCUT2D eigenvalue weighted by Crippen LogP contribution is 2.32. The van der Waals surface area contributed by atoms with Gasteiger partial charge in [0.25, 0.3) is 0 Å². The molecule has 0 amide bonds. The van der Waals surface area contributed by atoms with Crippen molar-refractivity contribution in [1.82, 2.24) is 4.98 Å². The molecule has 2 aromatic rings. The Labute approximate surface area is 114 Å². The van der Waals surface area contributed by atoms with Crippen LogP contribution in [0.3, 0.4) is 0 Å². The van der Waals surface area contributed by atoms with Crippen LogP contribution in [-0.2, 0) is 6.54 Å². The first-order valence-electron chi connectivity index (χ1n) is 6.76. The standard InChI is InChI=1S/C16H19N3/c1-12-2-9-16(18-10-12)19(15-7-8-15)11-13-3-5-14(17)6-4-13/h2-6,9-10,15H,7-8,11,17H2,1H3. The zero-order valence-electron chi connectivity index (χ0n) is 11.2. The number of aromatic nitrogens is 1. The summed E-state index contributed by atoms with van der Waals surface area (Å²) in [5.74, 6) is 1.07. The van der Waals surface area contributed by atoms with E-state index in [1.54, 1.807) is 0 Å². The molecule has 1 fully saturated rings. The molecule has 98 valence electrons. The summed E-state index contributed by atoms with van der Waals surface area (Å²) in [7, 11) is 0. The Morgan fingerprint density at radius 3 is 2.47 bits per heavy atom. The normalized spacial score (nSPS) is 14.4. The van der Waals surface area contributed by atoms with Crippen molar-refractivity contribution in [2.75, 3.05) is 10.6 Å². The highest BCUT2D eigenvalue weighted by molar-refractivity contribution is 5.45. The molecule has 0 unspecified atom stereocenters. The van der Waals surface area contributed by atoms with Gasteiger partial charge < -0.3 is 10.6 Å². The van der Waals surface area contributed by atoms with Crippen molar-refractivity contribution in [3.05, 3.63) is 53.7 Å². The van der Waals surface area contributed by atoms with E-state index >= 15 is 0 Å². The summed E-state index contributed by atoms with van der Waals surface area (Å²) in [4.78, 5) is 6.95. The predicted molar refractivity (Wildman–Crippen MR) is 79.0 cm³/mol. The minimum absolute atomic E-state index is 0.646. The Kier molecular flexibility index (Phi) is 3.11. The van der Waals surface area contributed by atoms with E-state index in [1.807, 2.05) is 18.3 Å². The molecule has 0 atom stereocenters. The summed E-state index contributed by atoms with van der Waals surface area (Å²) in [6.07, 6.45) is 4.47. The third-order valence-electron chi connectivity index (χ3n) is 3.51. The lowest BCUT2D eigenvalue weighted by atomic mass is 10.2. The van der Waals surface area contributed by atoms with Crippen molar-refractivity contribution in [2.45, 2.75) is 32.4 Å². The zero-order chi connectivity index (χ0) is 13.2. The summed E-state index contributed by atoms with van der Waals surface area (Å²) in [5.41, 5.74) is 9.03. The Bertz CT molecular complexity index is 541. The van der Waals surface area contributed by atoms with E-state index in [1.165, 1.54) is 24.0 Å². The Morgan fingerprint density at radius 1 is 1.16 bits per heavy atom. The molecule has 0 spiro atoms. The summed E-state index contributed by atoms with van der Waals surface area (Å²) in [5, 5.41) is 0. The van der Waals surface area contributed by atoms with Crippen LogP contribution in [0, 0.1) is 6.92 Å². The van der Waals surface area contributed by atoms with Gasteiger partial charge in [-0.2, -0.15) is 0 Å². The molecule has 0 bridgehead atoms. The van der Waals surface area contributed by atoms with E-state index in [2.05, 4.69) is 41.1 Å². The molecular weight excluding hydrogens is 234 g/mol. The molecule has 3 nitrogen and oxygen atoms in total. The number of benzene rings is 1. The van der Waals surface area contributed by atoms with E-state index in [0.717, 1.165) is 18.1 Å². The van der Waals surface area contributed by atoms with Crippen LogP contribution in [-0.4, -0.2) is 11.0 Å². The van der Waals surface area contributed by atoms with Crippen LogP contribution in [0.25, 0.3) is 0 Å². The Balaban J connectivity index is 1.81. The van der Waals surface area contributed by atoms with Crippen LogP contribution >= 0.6 is 0 Å². The first kappa shape index (κ1) is 12.0. The quantitative estimate of drug-likeness (QED) is 0.851. The third kappa shape index (κ3) is 2.87. The van der Waals surface area contributed by atoms with E-state index in [9.17, 15) is 0 Å². The minimum Gasteiger partial charge on any atom is -0.399 e. The SMILES string of the molecule is Cc1ccc(N(Cc2ccc(N)cc2)C2CC2)nc1.